The molecule has 0 spiro atoms. The maximum atomic E-state index is 8.77. The molecule has 70 valence electrons. The maximum Gasteiger partial charge on any atom is 0.0991 e. The minimum Gasteiger partial charge on any atom is -0.361 e. The van der Waals surface area contributed by atoms with Crippen LogP contribution in [0.25, 0.3) is 10.9 Å². The van der Waals surface area contributed by atoms with Crippen LogP contribution < -0.4 is 0 Å². The van der Waals surface area contributed by atoms with Crippen LogP contribution in [0.4, 0.5) is 0 Å². The standard InChI is InChI=1S/C11H9ClN2/c12-4-3-9-7-14-11-2-1-8(6-13)5-10(9)11/h1-2,5,7,14H,3-4H2. The first-order chi connectivity index (χ1) is 6.85. The number of aryl methyl sites for hydroxylation is 1. The summed E-state index contributed by atoms with van der Waals surface area (Å²) in [6, 6.07) is 7.76. The number of nitrogens with one attached hydrogen (secondary N) is 1. The number of hydrogen-bond donors (Lipinski definition) is 1. The van der Waals surface area contributed by atoms with E-state index in [9.17, 15) is 0 Å². The fourth-order valence-corrected chi connectivity index (χ4v) is 1.76. The van der Waals surface area contributed by atoms with Crippen molar-refractivity contribution in [3.05, 3.63) is 35.5 Å². The highest BCUT2D eigenvalue weighted by Crippen LogP contribution is 2.20. The quantitative estimate of drug-likeness (QED) is 0.751. The number of H-pyrrole nitrogens is 1. The van der Waals surface area contributed by atoms with Crippen molar-refractivity contribution in [1.82, 2.24) is 4.98 Å². The number of nitriles is 1. The van der Waals surface area contributed by atoms with Gasteiger partial charge in [-0.25, -0.2) is 0 Å². The molecule has 2 aromatic rings. The molecule has 0 aliphatic carbocycles. The molecule has 0 radical (unpaired) electrons. The van der Waals surface area contributed by atoms with E-state index >= 15 is 0 Å². The number of hydrogen-bond acceptors (Lipinski definition) is 1. The molecule has 14 heavy (non-hydrogen) atoms. The fraction of sp³-hybridized carbons (Fsp3) is 0.182. The van der Waals surface area contributed by atoms with Gasteiger partial charge in [-0.1, -0.05) is 0 Å². The molecule has 1 heterocycles. The maximum absolute atomic E-state index is 8.77. The van der Waals surface area contributed by atoms with Crippen LogP contribution in [0.5, 0.6) is 0 Å². The van der Waals surface area contributed by atoms with E-state index in [4.69, 9.17) is 16.9 Å². The number of benzene rings is 1. The van der Waals surface area contributed by atoms with Crippen molar-refractivity contribution in [2.24, 2.45) is 0 Å². The van der Waals surface area contributed by atoms with E-state index in [2.05, 4.69) is 11.1 Å². The molecular weight excluding hydrogens is 196 g/mol. The predicted octanol–water partition coefficient (Wildman–Crippen LogP) is 2.82. The zero-order chi connectivity index (χ0) is 9.97. The minimum absolute atomic E-state index is 0.601. The Labute approximate surface area is 87.1 Å². The Morgan fingerprint density at radius 1 is 1.43 bits per heavy atom. The van der Waals surface area contributed by atoms with Crippen LogP contribution in [0, 0.1) is 11.3 Å². The van der Waals surface area contributed by atoms with Gasteiger partial charge in [0.1, 0.15) is 0 Å². The summed E-state index contributed by atoms with van der Waals surface area (Å²) < 4.78 is 0. The Morgan fingerprint density at radius 2 is 2.29 bits per heavy atom. The van der Waals surface area contributed by atoms with Gasteiger partial charge in [0, 0.05) is 23.0 Å². The van der Waals surface area contributed by atoms with Crippen molar-refractivity contribution >= 4 is 22.5 Å². The van der Waals surface area contributed by atoms with Crippen molar-refractivity contribution in [2.75, 3.05) is 5.88 Å². The minimum atomic E-state index is 0.601. The van der Waals surface area contributed by atoms with E-state index in [0.29, 0.717) is 11.4 Å². The van der Waals surface area contributed by atoms with Gasteiger partial charge in [-0.05, 0) is 30.2 Å². The molecule has 3 heteroatoms. The summed E-state index contributed by atoms with van der Waals surface area (Å²) in [7, 11) is 0. The molecule has 0 aliphatic heterocycles. The Morgan fingerprint density at radius 3 is 3.00 bits per heavy atom. The Balaban J connectivity index is 2.59. The molecule has 0 atom stereocenters. The van der Waals surface area contributed by atoms with Crippen molar-refractivity contribution < 1.29 is 0 Å². The van der Waals surface area contributed by atoms with Gasteiger partial charge in [0.25, 0.3) is 0 Å². The number of aromatic nitrogens is 1. The second-order valence-corrected chi connectivity index (χ2v) is 3.50. The highest BCUT2D eigenvalue weighted by atomic mass is 35.5. The molecular formula is C11H9ClN2. The molecule has 0 aliphatic rings. The highest BCUT2D eigenvalue weighted by molar-refractivity contribution is 6.18. The van der Waals surface area contributed by atoms with Gasteiger partial charge in [-0.15, -0.1) is 11.6 Å². The van der Waals surface area contributed by atoms with Crippen molar-refractivity contribution in [2.45, 2.75) is 6.42 Å². The van der Waals surface area contributed by atoms with E-state index in [0.717, 1.165) is 17.3 Å². The van der Waals surface area contributed by atoms with Crippen LogP contribution in [0.2, 0.25) is 0 Å². The van der Waals surface area contributed by atoms with E-state index in [-0.39, 0.29) is 0 Å². The molecule has 1 aromatic heterocycles. The predicted molar refractivity (Wildman–Crippen MR) is 57.4 cm³/mol. The topological polar surface area (TPSA) is 39.6 Å². The van der Waals surface area contributed by atoms with Gasteiger partial charge in [0.2, 0.25) is 0 Å². The summed E-state index contributed by atoms with van der Waals surface area (Å²) in [5, 5.41) is 9.87. The van der Waals surface area contributed by atoms with Crippen LogP contribution in [-0.4, -0.2) is 10.9 Å². The van der Waals surface area contributed by atoms with Gasteiger partial charge < -0.3 is 4.98 Å². The lowest BCUT2D eigenvalue weighted by atomic mass is 10.1. The smallest absolute Gasteiger partial charge is 0.0991 e. The van der Waals surface area contributed by atoms with Crippen molar-refractivity contribution in [3.63, 3.8) is 0 Å². The zero-order valence-corrected chi connectivity index (χ0v) is 8.30. The SMILES string of the molecule is N#Cc1ccc2[nH]cc(CCCl)c2c1. The lowest BCUT2D eigenvalue weighted by Gasteiger charge is -1.95. The first-order valence-electron chi connectivity index (χ1n) is 4.41. The largest absolute Gasteiger partial charge is 0.361 e. The normalized spacial score (nSPS) is 10.3. The lowest BCUT2D eigenvalue weighted by Crippen LogP contribution is -1.83. The number of rotatable bonds is 2. The number of aromatic amines is 1. The fourth-order valence-electron chi connectivity index (χ4n) is 1.56. The highest BCUT2D eigenvalue weighted by Gasteiger charge is 2.03. The van der Waals surface area contributed by atoms with Gasteiger partial charge in [0.05, 0.1) is 11.6 Å². The third kappa shape index (κ3) is 1.47. The van der Waals surface area contributed by atoms with Crippen molar-refractivity contribution in [1.29, 1.82) is 5.26 Å². The molecule has 2 rings (SSSR count). The van der Waals surface area contributed by atoms with Crippen LogP contribution >= 0.6 is 11.6 Å². The van der Waals surface area contributed by atoms with E-state index in [1.807, 2.05) is 24.4 Å². The zero-order valence-electron chi connectivity index (χ0n) is 7.55. The molecule has 0 saturated carbocycles. The summed E-state index contributed by atoms with van der Waals surface area (Å²) in [5.74, 6) is 0.601. The summed E-state index contributed by atoms with van der Waals surface area (Å²) >= 11 is 5.69. The molecule has 2 nitrogen and oxygen atoms in total. The third-order valence-electron chi connectivity index (χ3n) is 2.26. The summed E-state index contributed by atoms with van der Waals surface area (Å²) in [4.78, 5) is 3.16. The monoisotopic (exact) mass is 204 g/mol. The molecule has 0 bridgehead atoms. The first kappa shape index (κ1) is 9.11. The Kier molecular flexibility index (Phi) is 2.43. The van der Waals surface area contributed by atoms with Gasteiger partial charge in [-0.3, -0.25) is 0 Å². The van der Waals surface area contributed by atoms with E-state index in [1.54, 1.807) is 0 Å². The van der Waals surface area contributed by atoms with Crippen LogP contribution in [-0.2, 0) is 6.42 Å². The summed E-state index contributed by atoms with van der Waals surface area (Å²) in [6.45, 7) is 0. The molecule has 0 saturated heterocycles. The van der Waals surface area contributed by atoms with Crippen LogP contribution in [0.3, 0.4) is 0 Å². The number of halogens is 1. The van der Waals surface area contributed by atoms with E-state index in [1.165, 1.54) is 5.56 Å². The number of nitrogens with zero attached hydrogens (tertiary/aromatic N) is 1. The second kappa shape index (κ2) is 3.73. The van der Waals surface area contributed by atoms with Crippen LogP contribution in [0.1, 0.15) is 11.1 Å². The Hall–Kier alpha value is -1.46. The van der Waals surface area contributed by atoms with Crippen LogP contribution in [0.15, 0.2) is 24.4 Å². The molecule has 0 unspecified atom stereocenters. The molecule has 0 amide bonds. The molecule has 1 N–H and O–H groups in total. The lowest BCUT2D eigenvalue weighted by molar-refractivity contribution is 1.16. The van der Waals surface area contributed by atoms with Gasteiger partial charge in [0.15, 0.2) is 0 Å². The summed E-state index contributed by atoms with van der Waals surface area (Å²) in [5.41, 5.74) is 2.92. The van der Waals surface area contributed by atoms with Gasteiger partial charge >= 0.3 is 0 Å². The molecule has 1 aromatic carbocycles. The Bertz CT molecular complexity index is 493. The first-order valence-corrected chi connectivity index (χ1v) is 4.94. The summed E-state index contributed by atoms with van der Waals surface area (Å²) in [6.07, 6.45) is 2.78. The van der Waals surface area contributed by atoms with Crippen molar-refractivity contribution in [3.8, 4) is 6.07 Å². The second-order valence-electron chi connectivity index (χ2n) is 3.13. The number of alkyl halides is 1. The average molecular weight is 205 g/mol. The average Bonchev–Trinajstić information content (AvgIpc) is 2.61. The van der Waals surface area contributed by atoms with E-state index < -0.39 is 0 Å². The number of fused-ring (bicyclic) bond motifs is 1. The third-order valence-corrected chi connectivity index (χ3v) is 2.45. The van der Waals surface area contributed by atoms with Gasteiger partial charge in [-0.2, -0.15) is 5.26 Å². The molecule has 0 fully saturated rings.